The van der Waals surface area contributed by atoms with Gasteiger partial charge in [-0.3, -0.25) is 10.1 Å². The van der Waals surface area contributed by atoms with Crippen molar-refractivity contribution in [3.63, 3.8) is 0 Å². The maximum absolute atomic E-state index is 12.3. The second-order valence-electron chi connectivity index (χ2n) is 4.14. The molecule has 0 bridgehead atoms. The summed E-state index contributed by atoms with van der Waals surface area (Å²) in [5.74, 6) is 0. The molecule has 0 aliphatic carbocycles. The lowest BCUT2D eigenvalue weighted by Crippen LogP contribution is -2.31. The van der Waals surface area contributed by atoms with Crippen LogP contribution in [0.3, 0.4) is 0 Å². The molecule has 0 aliphatic heterocycles. The molecule has 0 amide bonds. The molecule has 0 unspecified atom stereocenters. The molecule has 0 atom stereocenters. The SMILES string of the molecule is CCNc1ccc(S(=O)(=O)N(C)CC(F)F)cc1[N+](=O)[O-]. The number of rotatable bonds is 7. The number of benzene rings is 1. The van der Waals surface area contributed by atoms with E-state index in [-0.39, 0.29) is 5.69 Å². The minimum atomic E-state index is -4.20. The quantitative estimate of drug-likeness (QED) is 0.611. The highest BCUT2D eigenvalue weighted by Gasteiger charge is 2.26. The van der Waals surface area contributed by atoms with Crippen LogP contribution in [0.5, 0.6) is 0 Å². The van der Waals surface area contributed by atoms with E-state index in [1.165, 1.54) is 6.07 Å². The fraction of sp³-hybridized carbons (Fsp3) is 0.455. The number of nitrogens with zero attached hydrogens (tertiary/aromatic N) is 2. The van der Waals surface area contributed by atoms with Gasteiger partial charge in [0.25, 0.3) is 12.1 Å². The summed E-state index contributed by atoms with van der Waals surface area (Å²) in [7, 11) is -3.21. The van der Waals surface area contributed by atoms with Crippen LogP contribution in [0.4, 0.5) is 20.2 Å². The monoisotopic (exact) mass is 323 g/mol. The summed E-state index contributed by atoms with van der Waals surface area (Å²) in [4.78, 5) is 9.82. The molecule has 0 fully saturated rings. The summed E-state index contributed by atoms with van der Waals surface area (Å²) < 4.78 is 49.1. The van der Waals surface area contributed by atoms with Gasteiger partial charge >= 0.3 is 0 Å². The van der Waals surface area contributed by atoms with Gasteiger partial charge in [0.05, 0.1) is 16.4 Å². The zero-order chi connectivity index (χ0) is 16.2. The number of hydrogen-bond acceptors (Lipinski definition) is 5. The van der Waals surface area contributed by atoms with E-state index in [4.69, 9.17) is 0 Å². The third-order valence-corrected chi connectivity index (χ3v) is 4.46. The number of nitro benzene ring substituents is 1. The maximum atomic E-state index is 12.3. The predicted molar refractivity (Wildman–Crippen MR) is 73.1 cm³/mol. The second kappa shape index (κ2) is 6.76. The van der Waals surface area contributed by atoms with E-state index in [0.29, 0.717) is 10.8 Å². The van der Waals surface area contributed by atoms with Gasteiger partial charge in [0.1, 0.15) is 5.69 Å². The summed E-state index contributed by atoms with van der Waals surface area (Å²) in [6.45, 7) is 1.16. The first kappa shape index (κ1) is 17.2. The van der Waals surface area contributed by atoms with Gasteiger partial charge in [-0.25, -0.2) is 17.2 Å². The Bertz CT molecular complexity index is 622. The van der Waals surface area contributed by atoms with Crippen LogP contribution in [0.15, 0.2) is 23.1 Å². The van der Waals surface area contributed by atoms with Gasteiger partial charge < -0.3 is 5.32 Å². The van der Waals surface area contributed by atoms with E-state index in [1.807, 2.05) is 0 Å². The molecule has 0 aromatic heterocycles. The molecule has 0 aliphatic rings. The van der Waals surface area contributed by atoms with Gasteiger partial charge in [-0.1, -0.05) is 0 Å². The van der Waals surface area contributed by atoms with Crippen molar-refractivity contribution < 1.29 is 22.1 Å². The molecular weight excluding hydrogens is 308 g/mol. The van der Waals surface area contributed by atoms with Gasteiger partial charge in [-0.2, -0.15) is 4.31 Å². The van der Waals surface area contributed by atoms with Crippen LogP contribution in [-0.2, 0) is 10.0 Å². The van der Waals surface area contributed by atoms with Crippen molar-refractivity contribution in [1.29, 1.82) is 0 Å². The van der Waals surface area contributed by atoms with Crippen LogP contribution in [0.25, 0.3) is 0 Å². The lowest BCUT2D eigenvalue weighted by molar-refractivity contribution is -0.384. The molecule has 21 heavy (non-hydrogen) atoms. The topological polar surface area (TPSA) is 92.6 Å². The van der Waals surface area contributed by atoms with Gasteiger partial charge in [0.2, 0.25) is 10.0 Å². The predicted octanol–water partition coefficient (Wildman–Crippen LogP) is 1.91. The van der Waals surface area contributed by atoms with Crippen molar-refractivity contribution >= 4 is 21.4 Å². The molecule has 1 aromatic rings. The fourth-order valence-electron chi connectivity index (χ4n) is 1.64. The number of anilines is 1. The Balaban J connectivity index is 3.25. The molecule has 0 radical (unpaired) electrons. The number of halogens is 2. The van der Waals surface area contributed by atoms with Gasteiger partial charge in [0, 0.05) is 19.7 Å². The Morgan fingerprint density at radius 3 is 2.52 bits per heavy atom. The molecular formula is C11H15F2N3O4S. The number of hydrogen-bond donors (Lipinski definition) is 1. The summed E-state index contributed by atoms with van der Waals surface area (Å²) in [6.07, 6.45) is -2.83. The molecule has 1 rings (SSSR count). The van der Waals surface area contributed by atoms with E-state index in [2.05, 4.69) is 5.32 Å². The lowest BCUT2D eigenvalue weighted by atomic mass is 10.2. The number of alkyl halides is 2. The average molecular weight is 323 g/mol. The molecule has 0 spiro atoms. The van der Waals surface area contributed by atoms with Crippen molar-refractivity contribution in [2.75, 3.05) is 25.5 Å². The largest absolute Gasteiger partial charge is 0.380 e. The van der Waals surface area contributed by atoms with Crippen molar-refractivity contribution in [2.45, 2.75) is 18.2 Å². The second-order valence-corrected chi connectivity index (χ2v) is 6.19. The third-order valence-electron chi connectivity index (χ3n) is 2.64. The highest BCUT2D eigenvalue weighted by molar-refractivity contribution is 7.89. The van der Waals surface area contributed by atoms with E-state index >= 15 is 0 Å². The third kappa shape index (κ3) is 4.08. The molecule has 0 saturated carbocycles. The highest BCUT2D eigenvalue weighted by atomic mass is 32.2. The van der Waals surface area contributed by atoms with Crippen molar-refractivity contribution in [1.82, 2.24) is 4.31 Å². The lowest BCUT2D eigenvalue weighted by Gasteiger charge is -2.17. The standard InChI is InChI=1S/C11H15F2N3O4S/c1-3-14-9-5-4-8(6-10(9)16(17)18)21(19,20)15(2)7-11(12)13/h4-6,11,14H,3,7H2,1-2H3. The summed E-state index contributed by atoms with van der Waals surface area (Å²) in [5.41, 5.74) is -0.263. The Kier molecular flexibility index (Phi) is 5.55. The van der Waals surface area contributed by atoms with E-state index < -0.39 is 38.5 Å². The summed E-state index contributed by atoms with van der Waals surface area (Å²) in [5, 5.41) is 13.7. The van der Waals surface area contributed by atoms with Crippen LogP contribution < -0.4 is 5.32 Å². The molecule has 10 heteroatoms. The fourth-order valence-corrected chi connectivity index (χ4v) is 2.80. The smallest absolute Gasteiger partial charge is 0.293 e. The molecule has 118 valence electrons. The van der Waals surface area contributed by atoms with Gasteiger partial charge in [-0.15, -0.1) is 0 Å². The van der Waals surface area contributed by atoms with E-state index in [0.717, 1.165) is 19.2 Å². The minimum Gasteiger partial charge on any atom is -0.380 e. The average Bonchev–Trinajstić information content (AvgIpc) is 2.38. The van der Waals surface area contributed by atoms with Gasteiger partial charge in [-0.05, 0) is 19.1 Å². The van der Waals surface area contributed by atoms with Crippen LogP contribution >= 0.6 is 0 Å². The minimum absolute atomic E-state index is 0.165. The van der Waals surface area contributed by atoms with Crippen LogP contribution in [-0.4, -0.2) is 44.2 Å². The number of nitro groups is 1. The highest BCUT2D eigenvalue weighted by Crippen LogP contribution is 2.28. The molecule has 7 nitrogen and oxygen atoms in total. The molecule has 1 N–H and O–H groups in total. The number of nitrogens with one attached hydrogen (secondary N) is 1. The molecule has 1 aromatic carbocycles. The number of sulfonamides is 1. The van der Waals surface area contributed by atoms with Gasteiger partial charge in [0.15, 0.2) is 0 Å². The maximum Gasteiger partial charge on any atom is 0.293 e. The Hall–Kier alpha value is -1.81. The van der Waals surface area contributed by atoms with Crippen LogP contribution in [0, 0.1) is 10.1 Å². The van der Waals surface area contributed by atoms with Crippen molar-refractivity contribution in [3.05, 3.63) is 28.3 Å². The van der Waals surface area contributed by atoms with Crippen molar-refractivity contribution in [2.24, 2.45) is 0 Å². The van der Waals surface area contributed by atoms with Crippen molar-refractivity contribution in [3.8, 4) is 0 Å². The Morgan fingerprint density at radius 2 is 2.05 bits per heavy atom. The molecule has 0 saturated heterocycles. The van der Waals surface area contributed by atoms with E-state index in [1.54, 1.807) is 6.92 Å². The summed E-state index contributed by atoms with van der Waals surface area (Å²) >= 11 is 0. The van der Waals surface area contributed by atoms with Crippen LogP contribution in [0.2, 0.25) is 0 Å². The van der Waals surface area contributed by atoms with E-state index in [9.17, 15) is 27.3 Å². The first-order valence-corrected chi connectivity index (χ1v) is 7.41. The normalized spacial score (nSPS) is 11.9. The molecule has 0 heterocycles. The Labute approximate surface area is 120 Å². The van der Waals surface area contributed by atoms with Crippen LogP contribution in [0.1, 0.15) is 6.92 Å². The summed E-state index contributed by atoms with van der Waals surface area (Å²) in [6, 6.07) is 3.24. The first-order chi connectivity index (χ1) is 9.70. The zero-order valence-electron chi connectivity index (χ0n) is 11.4. The first-order valence-electron chi connectivity index (χ1n) is 5.97. The Morgan fingerprint density at radius 1 is 1.43 bits per heavy atom. The zero-order valence-corrected chi connectivity index (χ0v) is 12.2.